The average Bonchev–Trinajstić information content (AvgIpc) is 2.09. The highest BCUT2D eigenvalue weighted by molar-refractivity contribution is 6.34. The second-order valence-electron chi connectivity index (χ2n) is 2.70. The molecule has 1 aromatic rings. The summed E-state index contributed by atoms with van der Waals surface area (Å²) in [7, 11) is 0. The second-order valence-corrected chi connectivity index (χ2v) is 3.08. The van der Waals surface area contributed by atoms with Crippen molar-refractivity contribution in [2.24, 2.45) is 0 Å². The number of hydrogen-bond acceptors (Lipinski definition) is 2. The van der Waals surface area contributed by atoms with Crippen LogP contribution in [0.2, 0.25) is 5.02 Å². The third-order valence-electron chi connectivity index (χ3n) is 1.61. The minimum absolute atomic E-state index is 0.188. The first-order valence-corrected chi connectivity index (χ1v) is 4.24. The number of ketones is 1. The van der Waals surface area contributed by atoms with Gasteiger partial charge in [0.25, 0.3) is 0 Å². The van der Waals surface area contributed by atoms with E-state index in [0.717, 1.165) is 13.0 Å². The van der Waals surface area contributed by atoms with Crippen molar-refractivity contribution in [1.82, 2.24) is 0 Å². The van der Waals surface area contributed by atoms with Crippen LogP contribution in [0.4, 0.5) is 13.2 Å². The highest BCUT2D eigenvalue weighted by Crippen LogP contribution is 2.27. The van der Waals surface area contributed by atoms with Gasteiger partial charge in [0.2, 0.25) is 0 Å². The summed E-state index contributed by atoms with van der Waals surface area (Å²) in [5.41, 5.74) is -0.188. The lowest BCUT2D eigenvalue weighted by molar-refractivity contribution is -0.0500. The van der Waals surface area contributed by atoms with Gasteiger partial charge in [-0.2, -0.15) is 8.78 Å². The summed E-state index contributed by atoms with van der Waals surface area (Å²) in [5.74, 6) is -1.93. The predicted molar refractivity (Wildman–Crippen MR) is 48.0 cm³/mol. The first-order valence-electron chi connectivity index (χ1n) is 3.86. The van der Waals surface area contributed by atoms with Crippen molar-refractivity contribution in [3.8, 4) is 5.75 Å². The molecule has 0 amide bonds. The molecule has 0 spiro atoms. The zero-order valence-electron chi connectivity index (χ0n) is 7.56. The second kappa shape index (κ2) is 4.53. The fourth-order valence-electron chi connectivity index (χ4n) is 0.991. The van der Waals surface area contributed by atoms with E-state index in [1.165, 1.54) is 0 Å². The standard InChI is InChI=1S/C9H6ClF3O2/c1-4(14)6-2-5(15-9(12)13)3-7(11)8(6)10/h2-3,9H,1H3. The molecule has 1 aromatic carbocycles. The van der Waals surface area contributed by atoms with Crippen LogP contribution in [0, 0.1) is 5.82 Å². The van der Waals surface area contributed by atoms with Crippen LogP contribution in [0.15, 0.2) is 12.1 Å². The summed E-state index contributed by atoms with van der Waals surface area (Å²) >= 11 is 5.46. The first kappa shape index (κ1) is 11.8. The zero-order chi connectivity index (χ0) is 11.6. The highest BCUT2D eigenvalue weighted by Gasteiger charge is 2.15. The number of ether oxygens (including phenoxy) is 1. The number of halogens is 4. The summed E-state index contributed by atoms with van der Waals surface area (Å²) in [4.78, 5) is 11.0. The molecule has 6 heteroatoms. The number of Topliss-reactive ketones (excluding diaryl/α,β-unsaturated/α-hetero) is 1. The molecular weight excluding hydrogens is 233 g/mol. The minimum Gasteiger partial charge on any atom is -0.435 e. The quantitative estimate of drug-likeness (QED) is 0.756. The minimum atomic E-state index is -3.08. The van der Waals surface area contributed by atoms with Gasteiger partial charge in [0.15, 0.2) is 5.78 Å². The fraction of sp³-hybridized carbons (Fsp3) is 0.222. The number of benzene rings is 1. The van der Waals surface area contributed by atoms with Gasteiger partial charge >= 0.3 is 6.61 Å². The average molecular weight is 239 g/mol. The Morgan fingerprint density at radius 3 is 2.53 bits per heavy atom. The van der Waals surface area contributed by atoms with E-state index in [2.05, 4.69) is 4.74 Å². The summed E-state index contributed by atoms with van der Waals surface area (Å²) in [5, 5.41) is -0.399. The molecule has 0 radical (unpaired) electrons. The van der Waals surface area contributed by atoms with Gasteiger partial charge in [-0.1, -0.05) is 11.6 Å². The van der Waals surface area contributed by atoms with E-state index in [0.29, 0.717) is 6.07 Å². The van der Waals surface area contributed by atoms with Gasteiger partial charge in [0.05, 0.1) is 5.02 Å². The normalized spacial score (nSPS) is 10.5. The highest BCUT2D eigenvalue weighted by atomic mass is 35.5. The number of rotatable bonds is 3. The monoisotopic (exact) mass is 238 g/mol. The SMILES string of the molecule is CC(=O)c1cc(OC(F)F)cc(F)c1Cl. The van der Waals surface area contributed by atoms with E-state index >= 15 is 0 Å². The molecule has 0 heterocycles. The van der Waals surface area contributed by atoms with Crippen LogP contribution in [-0.4, -0.2) is 12.4 Å². The molecular formula is C9H6ClF3O2. The lowest BCUT2D eigenvalue weighted by Gasteiger charge is -2.07. The maximum Gasteiger partial charge on any atom is 0.387 e. The van der Waals surface area contributed by atoms with E-state index in [1.807, 2.05) is 0 Å². The molecule has 0 unspecified atom stereocenters. The molecule has 0 aliphatic carbocycles. The maximum atomic E-state index is 13.0. The largest absolute Gasteiger partial charge is 0.435 e. The Balaban J connectivity index is 3.17. The molecule has 1 rings (SSSR count). The smallest absolute Gasteiger partial charge is 0.387 e. The Morgan fingerprint density at radius 1 is 1.47 bits per heavy atom. The maximum absolute atomic E-state index is 13.0. The van der Waals surface area contributed by atoms with Gasteiger partial charge in [0, 0.05) is 11.6 Å². The van der Waals surface area contributed by atoms with Crippen LogP contribution >= 0.6 is 11.6 Å². The van der Waals surface area contributed by atoms with Gasteiger partial charge in [0.1, 0.15) is 11.6 Å². The Labute approximate surface area is 88.6 Å². The zero-order valence-corrected chi connectivity index (χ0v) is 8.32. The van der Waals surface area contributed by atoms with Crippen LogP contribution in [0.5, 0.6) is 5.75 Å². The topological polar surface area (TPSA) is 26.3 Å². The van der Waals surface area contributed by atoms with Gasteiger partial charge in [-0.25, -0.2) is 4.39 Å². The Hall–Kier alpha value is -1.23. The van der Waals surface area contributed by atoms with Crippen molar-refractivity contribution in [3.63, 3.8) is 0 Å². The predicted octanol–water partition coefficient (Wildman–Crippen LogP) is 3.28. The molecule has 82 valence electrons. The van der Waals surface area contributed by atoms with E-state index in [-0.39, 0.29) is 5.56 Å². The number of carbonyl (C=O) groups is 1. The van der Waals surface area contributed by atoms with Crippen LogP contribution in [0.1, 0.15) is 17.3 Å². The van der Waals surface area contributed by atoms with Crippen molar-refractivity contribution in [1.29, 1.82) is 0 Å². The summed E-state index contributed by atoms with van der Waals surface area (Å²) in [6, 6.07) is 1.67. The van der Waals surface area contributed by atoms with E-state index in [4.69, 9.17) is 11.6 Å². The van der Waals surface area contributed by atoms with E-state index in [9.17, 15) is 18.0 Å². The van der Waals surface area contributed by atoms with Crippen molar-refractivity contribution in [2.45, 2.75) is 13.5 Å². The van der Waals surface area contributed by atoms with E-state index < -0.39 is 29.0 Å². The lowest BCUT2D eigenvalue weighted by atomic mass is 10.1. The van der Waals surface area contributed by atoms with Gasteiger partial charge < -0.3 is 4.74 Å². The molecule has 0 atom stereocenters. The molecule has 0 aliphatic heterocycles. The molecule has 0 N–H and O–H groups in total. The third-order valence-corrected chi connectivity index (χ3v) is 1.99. The molecule has 15 heavy (non-hydrogen) atoms. The van der Waals surface area contributed by atoms with Crippen molar-refractivity contribution in [2.75, 3.05) is 0 Å². The fourth-order valence-corrected chi connectivity index (χ4v) is 1.23. The van der Waals surface area contributed by atoms with Crippen molar-refractivity contribution >= 4 is 17.4 Å². The number of alkyl halides is 2. The Bertz CT molecular complexity index is 393. The Morgan fingerprint density at radius 2 is 2.07 bits per heavy atom. The van der Waals surface area contributed by atoms with Gasteiger partial charge in [-0.05, 0) is 13.0 Å². The molecule has 0 saturated heterocycles. The lowest BCUT2D eigenvalue weighted by Crippen LogP contribution is -2.04. The summed E-state index contributed by atoms with van der Waals surface area (Å²) in [6.45, 7) is -1.93. The molecule has 0 aromatic heterocycles. The van der Waals surface area contributed by atoms with E-state index in [1.54, 1.807) is 0 Å². The Kier molecular flexibility index (Phi) is 3.57. The summed E-state index contributed by atoms with van der Waals surface area (Å²) in [6.07, 6.45) is 0. The molecule has 0 bridgehead atoms. The molecule has 0 aliphatic rings. The summed E-state index contributed by atoms with van der Waals surface area (Å²) < 4.78 is 40.6. The van der Waals surface area contributed by atoms with Gasteiger partial charge in [-0.15, -0.1) is 0 Å². The van der Waals surface area contributed by atoms with Crippen LogP contribution in [0.3, 0.4) is 0 Å². The van der Waals surface area contributed by atoms with Crippen molar-refractivity contribution < 1.29 is 22.7 Å². The van der Waals surface area contributed by atoms with Crippen LogP contribution in [-0.2, 0) is 0 Å². The third kappa shape index (κ3) is 2.86. The first-order chi connectivity index (χ1) is 6.91. The van der Waals surface area contributed by atoms with Gasteiger partial charge in [-0.3, -0.25) is 4.79 Å². The number of carbonyl (C=O) groups excluding carboxylic acids is 1. The van der Waals surface area contributed by atoms with Crippen molar-refractivity contribution in [3.05, 3.63) is 28.5 Å². The molecule has 0 saturated carbocycles. The van der Waals surface area contributed by atoms with Crippen LogP contribution in [0.25, 0.3) is 0 Å². The number of hydrogen-bond donors (Lipinski definition) is 0. The molecule has 2 nitrogen and oxygen atoms in total. The van der Waals surface area contributed by atoms with Crippen LogP contribution < -0.4 is 4.74 Å². The molecule has 0 fully saturated rings.